The second-order valence-corrected chi connectivity index (χ2v) is 2.95. The predicted molar refractivity (Wildman–Crippen MR) is 51.8 cm³/mol. The van der Waals surface area contributed by atoms with Gasteiger partial charge in [-0.25, -0.2) is 9.37 Å². The Balaban J connectivity index is 2.63. The molecule has 4 nitrogen and oxygen atoms in total. The first-order chi connectivity index (χ1) is 6.63. The van der Waals surface area contributed by atoms with E-state index in [2.05, 4.69) is 15.6 Å². The highest BCUT2D eigenvalue weighted by atomic mass is 35.5. The van der Waals surface area contributed by atoms with Gasteiger partial charge in [0, 0.05) is 13.2 Å². The SMILES string of the molecule is CNC(=O)CNc1ncc(Cl)cc1F. The first kappa shape index (κ1) is 10.7. The topological polar surface area (TPSA) is 54.0 Å². The predicted octanol–water partition coefficient (Wildman–Crippen LogP) is 1.03. The summed E-state index contributed by atoms with van der Waals surface area (Å²) in [7, 11) is 1.50. The number of anilines is 1. The fraction of sp³-hybridized carbons (Fsp3) is 0.250. The van der Waals surface area contributed by atoms with Gasteiger partial charge in [0.25, 0.3) is 0 Å². The molecule has 0 atom stereocenters. The van der Waals surface area contributed by atoms with Crippen LogP contribution >= 0.6 is 11.6 Å². The maximum atomic E-state index is 13.1. The molecule has 0 aliphatic heterocycles. The molecule has 1 amide bonds. The smallest absolute Gasteiger partial charge is 0.239 e. The van der Waals surface area contributed by atoms with E-state index in [1.807, 2.05) is 0 Å². The summed E-state index contributed by atoms with van der Waals surface area (Å²) < 4.78 is 13.1. The van der Waals surface area contributed by atoms with Gasteiger partial charge in [-0.1, -0.05) is 11.6 Å². The number of carbonyl (C=O) groups is 1. The van der Waals surface area contributed by atoms with Crippen LogP contribution in [0.3, 0.4) is 0 Å². The van der Waals surface area contributed by atoms with Gasteiger partial charge in [-0.3, -0.25) is 4.79 Å². The van der Waals surface area contributed by atoms with E-state index in [1.165, 1.54) is 13.2 Å². The number of halogens is 2. The molecular weight excluding hydrogens is 209 g/mol. The van der Waals surface area contributed by atoms with Crippen LogP contribution in [0.25, 0.3) is 0 Å². The Morgan fingerprint density at radius 1 is 1.71 bits per heavy atom. The minimum Gasteiger partial charge on any atom is -0.359 e. The second-order valence-electron chi connectivity index (χ2n) is 2.51. The molecule has 0 saturated heterocycles. The zero-order valence-electron chi connectivity index (χ0n) is 7.47. The van der Waals surface area contributed by atoms with Gasteiger partial charge in [0.1, 0.15) is 0 Å². The summed E-state index contributed by atoms with van der Waals surface area (Å²) in [5, 5.41) is 5.14. The Morgan fingerprint density at radius 3 is 3.00 bits per heavy atom. The molecule has 2 N–H and O–H groups in total. The Kier molecular flexibility index (Phi) is 3.64. The third-order valence-corrected chi connectivity index (χ3v) is 1.71. The molecule has 1 heterocycles. The van der Waals surface area contributed by atoms with Crippen molar-refractivity contribution in [2.75, 3.05) is 18.9 Å². The zero-order valence-corrected chi connectivity index (χ0v) is 8.23. The lowest BCUT2D eigenvalue weighted by molar-refractivity contribution is -0.118. The highest BCUT2D eigenvalue weighted by Crippen LogP contribution is 2.14. The fourth-order valence-electron chi connectivity index (χ4n) is 0.797. The van der Waals surface area contributed by atoms with E-state index in [0.717, 1.165) is 6.07 Å². The molecular formula is C8H9ClFN3O. The molecule has 0 bridgehead atoms. The van der Waals surface area contributed by atoms with E-state index in [9.17, 15) is 9.18 Å². The number of carbonyl (C=O) groups excluding carboxylic acids is 1. The van der Waals surface area contributed by atoms with Crippen molar-refractivity contribution >= 4 is 23.3 Å². The van der Waals surface area contributed by atoms with Crippen LogP contribution in [0, 0.1) is 5.82 Å². The van der Waals surface area contributed by atoms with Crippen molar-refractivity contribution in [3.63, 3.8) is 0 Å². The number of aromatic nitrogens is 1. The molecule has 1 aromatic heterocycles. The van der Waals surface area contributed by atoms with Crippen molar-refractivity contribution in [3.8, 4) is 0 Å². The number of hydrogen-bond acceptors (Lipinski definition) is 3. The van der Waals surface area contributed by atoms with E-state index < -0.39 is 5.82 Å². The summed E-state index contributed by atoms with van der Waals surface area (Å²) in [6, 6.07) is 1.13. The normalized spacial score (nSPS) is 9.64. The van der Waals surface area contributed by atoms with E-state index in [-0.39, 0.29) is 23.3 Å². The number of amides is 1. The summed E-state index contributed by atoms with van der Waals surface area (Å²) in [6.45, 7) is -0.0257. The van der Waals surface area contributed by atoms with Crippen LogP contribution in [0.15, 0.2) is 12.3 Å². The maximum Gasteiger partial charge on any atom is 0.239 e. The Morgan fingerprint density at radius 2 is 2.43 bits per heavy atom. The molecule has 6 heteroatoms. The molecule has 0 aliphatic rings. The largest absolute Gasteiger partial charge is 0.359 e. The van der Waals surface area contributed by atoms with Crippen molar-refractivity contribution in [2.45, 2.75) is 0 Å². The lowest BCUT2D eigenvalue weighted by atomic mass is 10.4. The van der Waals surface area contributed by atoms with E-state index in [0.29, 0.717) is 0 Å². The third kappa shape index (κ3) is 2.85. The summed E-state index contributed by atoms with van der Waals surface area (Å²) in [5.74, 6) is -0.819. The number of nitrogens with zero attached hydrogens (tertiary/aromatic N) is 1. The lowest BCUT2D eigenvalue weighted by Gasteiger charge is -2.05. The zero-order chi connectivity index (χ0) is 10.6. The lowest BCUT2D eigenvalue weighted by Crippen LogP contribution is -2.26. The Bertz CT molecular complexity index is 345. The van der Waals surface area contributed by atoms with Gasteiger partial charge >= 0.3 is 0 Å². The van der Waals surface area contributed by atoms with Gasteiger partial charge in [-0.05, 0) is 6.07 Å². The number of pyridine rings is 1. The first-order valence-corrected chi connectivity index (χ1v) is 4.26. The van der Waals surface area contributed by atoms with Crippen molar-refractivity contribution in [1.29, 1.82) is 0 Å². The second kappa shape index (κ2) is 4.76. The average molecular weight is 218 g/mol. The van der Waals surface area contributed by atoms with Crippen molar-refractivity contribution < 1.29 is 9.18 Å². The van der Waals surface area contributed by atoms with Gasteiger partial charge in [0.05, 0.1) is 11.6 Å². The van der Waals surface area contributed by atoms with Crippen molar-refractivity contribution in [2.24, 2.45) is 0 Å². The van der Waals surface area contributed by atoms with Gasteiger partial charge in [-0.15, -0.1) is 0 Å². The number of rotatable bonds is 3. The number of hydrogen-bond donors (Lipinski definition) is 2. The van der Waals surface area contributed by atoms with Crippen LogP contribution < -0.4 is 10.6 Å². The summed E-state index contributed by atoms with van der Waals surface area (Å²) in [5.41, 5.74) is 0. The summed E-state index contributed by atoms with van der Waals surface area (Å²) in [6.07, 6.45) is 1.30. The third-order valence-electron chi connectivity index (χ3n) is 1.50. The van der Waals surface area contributed by atoms with Crippen LogP contribution in [0.5, 0.6) is 0 Å². The van der Waals surface area contributed by atoms with Gasteiger partial charge in [0.2, 0.25) is 5.91 Å². The molecule has 0 aromatic carbocycles. The average Bonchev–Trinajstić information content (AvgIpc) is 2.16. The molecule has 0 saturated carbocycles. The van der Waals surface area contributed by atoms with Crippen LogP contribution in [-0.2, 0) is 4.79 Å². The molecule has 0 unspecified atom stereocenters. The van der Waals surface area contributed by atoms with Crippen molar-refractivity contribution in [3.05, 3.63) is 23.1 Å². The van der Waals surface area contributed by atoms with E-state index >= 15 is 0 Å². The molecule has 1 rings (SSSR count). The number of likely N-dealkylation sites (N-methyl/N-ethyl adjacent to an activating group) is 1. The molecule has 14 heavy (non-hydrogen) atoms. The van der Waals surface area contributed by atoms with E-state index in [4.69, 9.17) is 11.6 Å². The van der Waals surface area contributed by atoms with Crippen LogP contribution in [0.2, 0.25) is 5.02 Å². The highest BCUT2D eigenvalue weighted by Gasteiger charge is 2.05. The monoisotopic (exact) mass is 217 g/mol. The number of nitrogens with one attached hydrogen (secondary N) is 2. The van der Waals surface area contributed by atoms with E-state index in [1.54, 1.807) is 0 Å². The Labute approximate surface area is 85.5 Å². The quantitative estimate of drug-likeness (QED) is 0.795. The first-order valence-electron chi connectivity index (χ1n) is 3.89. The van der Waals surface area contributed by atoms with Crippen LogP contribution in [0.4, 0.5) is 10.2 Å². The van der Waals surface area contributed by atoms with Crippen LogP contribution in [-0.4, -0.2) is 24.5 Å². The standard InChI is InChI=1S/C8H9ClFN3O/c1-11-7(14)4-13-8-6(10)2-5(9)3-12-8/h2-3H,4H2,1H3,(H,11,14)(H,12,13). The minimum absolute atomic E-state index is 0.0120. The van der Waals surface area contributed by atoms with Crippen LogP contribution in [0.1, 0.15) is 0 Å². The molecule has 0 fully saturated rings. The summed E-state index contributed by atoms with van der Waals surface area (Å²) in [4.78, 5) is 14.5. The van der Waals surface area contributed by atoms with Crippen molar-refractivity contribution in [1.82, 2.24) is 10.3 Å². The minimum atomic E-state index is -0.582. The molecule has 0 spiro atoms. The van der Waals surface area contributed by atoms with Gasteiger partial charge < -0.3 is 10.6 Å². The summed E-state index contributed by atoms with van der Waals surface area (Å²) >= 11 is 5.50. The molecule has 1 aromatic rings. The maximum absolute atomic E-state index is 13.1. The Hall–Kier alpha value is -1.36. The molecule has 0 radical (unpaired) electrons. The molecule has 76 valence electrons. The fourth-order valence-corrected chi connectivity index (χ4v) is 0.942. The van der Waals surface area contributed by atoms with Gasteiger partial charge in [-0.2, -0.15) is 0 Å². The molecule has 0 aliphatic carbocycles. The highest BCUT2D eigenvalue weighted by molar-refractivity contribution is 6.30. The van der Waals surface area contributed by atoms with Gasteiger partial charge in [0.15, 0.2) is 11.6 Å².